The van der Waals surface area contributed by atoms with E-state index in [1.807, 2.05) is 55.6 Å². The summed E-state index contributed by atoms with van der Waals surface area (Å²) in [6.45, 7) is 1.98. The number of ketones is 1. The van der Waals surface area contributed by atoms with Crippen molar-refractivity contribution < 1.29 is 23.6 Å². The van der Waals surface area contributed by atoms with Gasteiger partial charge in [0.1, 0.15) is 11.7 Å². The van der Waals surface area contributed by atoms with Gasteiger partial charge in [-0.05, 0) is 81.4 Å². The SMILES string of the molecule is C1=CNc2ccccc2C=C1.COC(=O)C1C=c2c(F)cccc2=c2ccc3c(c21)CCC(C)C=3C(=O)c1ccc([N+](=O)[O-])cc1. The highest BCUT2D eigenvalue weighted by Gasteiger charge is 2.31. The minimum absolute atomic E-state index is 0.0443. The number of hydrogen-bond acceptors (Lipinski definition) is 6. The predicted molar refractivity (Wildman–Crippen MR) is 176 cm³/mol. The van der Waals surface area contributed by atoms with Gasteiger partial charge in [0.05, 0.1) is 12.0 Å². The number of carbonyl (C=O) groups excluding carboxylic acids is 2. The van der Waals surface area contributed by atoms with Crippen molar-refractivity contribution in [2.75, 3.05) is 12.4 Å². The summed E-state index contributed by atoms with van der Waals surface area (Å²) in [4.78, 5) is 36.9. The lowest BCUT2D eigenvalue weighted by Gasteiger charge is -2.27. The molecule has 4 aromatic carbocycles. The number of methoxy groups -OCH3 is 1. The topological polar surface area (TPSA) is 98.5 Å². The molecule has 0 spiro atoms. The molecule has 2 unspecified atom stereocenters. The number of halogens is 1. The van der Waals surface area contributed by atoms with Crippen molar-refractivity contribution in [3.05, 3.63) is 156 Å². The number of nitrogens with zero attached hydrogens (tertiary/aromatic N) is 1. The maximum absolute atomic E-state index is 14.7. The number of fused-ring (bicyclic) bond motifs is 5. The van der Waals surface area contributed by atoms with Crippen LogP contribution < -0.4 is 15.8 Å². The van der Waals surface area contributed by atoms with Gasteiger partial charge in [-0.2, -0.15) is 0 Å². The van der Waals surface area contributed by atoms with E-state index < -0.39 is 22.6 Å². The van der Waals surface area contributed by atoms with Crippen molar-refractivity contribution in [3.8, 4) is 0 Å². The van der Waals surface area contributed by atoms with Crippen LogP contribution in [0.25, 0.3) is 17.7 Å². The van der Waals surface area contributed by atoms with Crippen molar-refractivity contribution in [1.29, 1.82) is 0 Å². The molecule has 1 heterocycles. The van der Waals surface area contributed by atoms with E-state index in [1.54, 1.807) is 12.1 Å². The summed E-state index contributed by atoms with van der Waals surface area (Å²) in [5.41, 5.74) is 4.92. The highest BCUT2D eigenvalue weighted by Crippen LogP contribution is 2.32. The lowest BCUT2D eigenvalue weighted by Crippen LogP contribution is -2.32. The Morgan fingerprint density at radius 1 is 0.935 bits per heavy atom. The van der Waals surface area contributed by atoms with Crippen LogP contribution >= 0.6 is 0 Å². The Morgan fingerprint density at radius 2 is 1.70 bits per heavy atom. The minimum atomic E-state index is -0.793. The summed E-state index contributed by atoms with van der Waals surface area (Å²) in [6, 6.07) is 22.3. The number of para-hydroxylation sites is 1. The number of benzene rings is 4. The van der Waals surface area contributed by atoms with Gasteiger partial charge in [0.15, 0.2) is 5.78 Å². The second kappa shape index (κ2) is 12.8. The van der Waals surface area contributed by atoms with Crippen LogP contribution in [0.1, 0.15) is 46.3 Å². The first-order chi connectivity index (χ1) is 22.3. The summed E-state index contributed by atoms with van der Waals surface area (Å²) in [5, 5.41) is 16.8. The zero-order valence-corrected chi connectivity index (χ0v) is 25.3. The van der Waals surface area contributed by atoms with Crippen molar-refractivity contribution in [3.63, 3.8) is 0 Å². The summed E-state index contributed by atoms with van der Waals surface area (Å²) in [5.74, 6) is -1.94. The molecule has 0 amide bonds. The fraction of sp³-hybridized carbons (Fsp3) is 0.158. The van der Waals surface area contributed by atoms with Gasteiger partial charge in [-0.3, -0.25) is 19.7 Å². The molecule has 7 nitrogen and oxygen atoms in total. The molecule has 1 aliphatic heterocycles. The second-order valence-electron chi connectivity index (χ2n) is 11.4. The lowest BCUT2D eigenvalue weighted by atomic mass is 9.76. The summed E-state index contributed by atoms with van der Waals surface area (Å²) >= 11 is 0. The number of non-ortho nitro benzene ring substituents is 1. The Kier molecular flexibility index (Phi) is 8.44. The first-order valence-corrected chi connectivity index (χ1v) is 15.0. The number of allylic oxidation sites excluding steroid dienone is 2. The molecule has 0 fully saturated rings. The molecule has 230 valence electrons. The van der Waals surface area contributed by atoms with E-state index in [1.165, 1.54) is 43.0 Å². The Balaban J connectivity index is 0.000000283. The highest BCUT2D eigenvalue weighted by atomic mass is 19.1. The smallest absolute Gasteiger partial charge is 0.317 e. The monoisotopic (exact) mass is 614 g/mol. The fourth-order valence-corrected chi connectivity index (χ4v) is 6.41. The van der Waals surface area contributed by atoms with Gasteiger partial charge in [0.25, 0.3) is 5.69 Å². The molecule has 1 N–H and O–H groups in total. The third kappa shape index (κ3) is 5.65. The van der Waals surface area contributed by atoms with Gasteiger partial charge in [-0.15, -0.1) is 0 Å². The molecule has 8 heteroatoms. The Bertz CT molecular complexity index is 2170. The van der Waals surface area contributed by atoms with Gasteiger partial charge < -0.3 is 10.1 Å². The van der Waals surface area contributed by atoms with Crippen molar-refractivity contribution >= 4 is 40.9 Å². The number of nitrogens with one attached hydrogen (secondary N) is 1. The summed E-state index contributed by atoms with van der Waals surface area (Å²) < 4.78 is 19.7. The number of nitro groups is 1. The van der Waals surface area contributed by atoms with Crippen LogP contribution in [0.5, 0.6) is 0 Å². The molecule has 0 saturated heterocycles. The molecule has 46 heavy (non-hydrogen) atoms. The number of hydrogen-bond donors (Lipinski definition) is 1. The molecule has 2 aliphatic carbocycles. The van der Waals surface area contributed by atoms with Gasteiger partial charge in [0, 0.05) is 40.4 Å². The second-order valence-corrected chi connectivity index (χ2v) is 11.4. The molecule has 4 aromatic rings. The number of Topliss-reactive ketones (excluding diaryl/α,β-unsaturated/α-hetero) is 1. The van der Waals surface area contributed by atoms with E-state index in [4.69, 9.17) is 4.74 Å². The minimum Gasteiger partial charge on any atom is -0.468 e. The van der Waals surface area contributed by atoms with E-state index in [0.29, 0.717) is 34.4 Å². The molecule has 2 atom stereocenters. The molecule has 0 saturated carbocycles. The van der Waals surface area contributed by atoms with Crippen molar-refractivity contribution in [2.45, 2.75) is 25.7 Å². The standard InChI is InChI=1S/C28H22FNO5.C10H9N/c1-15-6-11-21-20(25(15)27(31)16-7-9-17(10-8-16)30(33)34)13-12-19-18-4-3-5-24(29)22(18)14-23(26(19)21)28(32)35-2;1-2-7-10-9(5-1)6-3-4-8-11-10/h3-5,7-10,12-15,23H,6,11H2,1-2H3;1-8,11H. The van der Waals surface area contributed by atoms with Crippen LogP contribution in [0, 0.1) is 32.3 Å². The first-order valence-electron chi connectivity index (χ1n) is 15.0. The Hall–Kier alpha value is -5.63. The molecule has 0 aromatic heterocycles. The lowest BCUT2D eigenvalue weighted by molar-refractivity contribution is -0.384. The van der Waals surface area contributed by atoms with E-state index >= 15 is 0 Å². The first kappa shape index (κ1) is 30.4. The summed E-state index contributed by atoms with van der Waals surface area (Å²) in [6.07, 6.45) is 11.0. The molecule has 7 rings (SSSR count). The van der Waals surface area contributed by atoms with Crippen LogP contribution in [-0.2, 0) is 16.0 Å². The number of rotatable bonds is 4. The number of carbonyl (C=O) groups is 2. The number of anilines is 1. The average molecular weight is 615 g/mol. The molecule has 0 radical (unpaired) electrons. The molecule has 0 bridgehead atoms. The van der Waals surface area contributed by atoms with Gasteiger partial charge >= 0.3 is 5.97 Å². The zero-order chi connectivity index (χ0) is 32.4. The van der Waals surface area contributed by atoms with Crippen LogP contribution in [0.2, 0.25) is 0 Å². The number of nitro benzene ring substituents is 1. The van der Waals surface area contributed by atoms with Gasteiger partial charge in [-0.1, -0.05) is 67.6 Å². The molecular weight excluding hydrogens is 583 g/mol. The Labute approximate surface area is 264 Å². The van der Waals surface area contributed by atoms with Crippen LogP contribution in [-0.4, -0.2) is 23.8 Å². The van der Waals surface area contributed by atoms with Crippen LogP contribution in [0.15, 0.2) is 97.2 Å². The van der Waals surface area contributed by atoms with Crippen molar-refractivity contribution in [1.82, 2.24) is 0 Å². The number of esters is 1. The van der Waals surface area contributed by atoms with Crippen LogP contribution in [0.3, 0.4) is 0 Å². The fourth-order valence-electron chi connectivity index (χ4n) is 6.41. The average Bonchev–Trinajstić information content (AvgIpc) is 3.33. The molecule has 3 aliphatic rings. The third-order valence-electron chi connectivity index (χ3n) is 8.68. The van der Waals surface area contributed by atoms with Crippen molar-refractivity contribution in [2.24, 2.45) is 5.92 Å². The van der Waals surface area contributed by atoms with E-state index in [0.717, 1.165) is 27.3 Å². The van der Waals surface area contributed by atoms with E-state index in [-0.39, 0.29) is 17.4 Å². The van der Waals surface area contributed by atoms with Crippen LogP contribution in [0.4, 0.5) is 15.8 Å². The maximum Gasteiger partial charge on any atom is 0.317 e. The zero-order valence-electron chi connectivity index (χ0n) is 25.3. The van der Waals surface area contributed by atoms with E-state index in [9.17, 15) is 24.1 Å². The van der Waals surface area contributed by atoms with Gasteiger partial charge in [-0.25, -0.2) is 4.39 Å². The highest BCUT2D eigenvalue weighted by molar-refractivity contribution is 6.25. The quantitative estimate of drug-likeness (QED) is 0.125. The van der Waals surface area contributed by atoms with Gasteiger partial charge in [0.2, 0.25) is 0 Å². The Morgan fingerprint density at radius 3 is 2.46 bits per heavy atom. The predicted octanol–water partition coefficient (Wildman–Crippen LogP) is 6.33. The normalized spacial score (nSPS) is 16.9. The number of ether oxygens (including phenoxy) is 1. The summed E-state index contributed by atoms with van der Waals surface area (Å²) in [7, 11) is 1.31. The largest absolute Gasteiger partial charge is 0.468 e. The maximum atomic E-state index is 14.7. The third-order valence-corrected chi connectivity index (χ3v) is 8.68. The van der Waals surface area contributed by atoms with E-state index in [2.05, 4.69) is 23.5 Å². The molecular formula is C38H31FN2O5.